The molecule has 0 radical (unpaired) electrons. The molecule has 2 aromatic rings. The van der Waals surface area contributed by atoms with Gasteiger partial charge in [0.15, 0.2) is 0 Å². The molecule has 0 saturated carbocycles. The Labute approximate surface area is 132 Å². The van der Waals surface area contributed by atoms with E-state index in [0.717, 1.165) is 16.6 Å². The van der Waals surface area contributed by atoms with Crippen molar-refractivity contribution in [2.24, 2.45) is 0 Å². The molecule has 0 bridgehead atoms. The average molecular weight is 357 g/mol. The van der Waals surface area contributed by atoms with Crippen LogP contribution in [0.5, 0.6) is 0 Å². The van der Waals surface area contributed by atoms with E-state index in [1.165, 1.54) is 6.07 Å². The minimum atomic E-state index is -0.166. The molecule has 0 fully saturated rings. The van der Waals surface area contributed by atoms with Crippen molar-refractivity contribution in [2.75, 3.05) is 6.54 Å². The van der Waals surface area contributed by atoms with Gasteiger partial charge >= 0.3 is 0 Å². The number of halogens is 3. The summed E-state index contributed by atoms with van der Waals surface area (Å²) in [5.74, 6) is -0.166. The molecule has 0 aliphatic carbocycles. The highest BCUT2D eigenvalue weighted by Crippen LogP contribution is 2.29. The summed E-state index contributed by atoms with van der Waals surface area (Å²) in [6.07, 6.45) is 0.598. The summed E-state index contributed by atoms with van der Waals surface area (Å²) in [5.41, 5.74) is 1.79. The molecule has 2 rings (SSSR count). The number of likely N-dealkylation sites (N-methyl/N-ethyl adjacent to an activating group) is 1. The van der Waals surface area contributed by atoms with Crippen molar-refractivity contribution in [3.63, 3.8) is 0 Å². The van der Waals surface area contributed by atoms with Crippen molar-refractivity contribution in [1.29, 1.82) is 0 Å². The fraction of sp³-hybridized carbons (Fsp3) is 0.250. The first-order valence-corrected chi connectivity index (χ1v) is 7.70. The van der Waals surface area contributed by atoms with Crippen LogP contribution in [0.4, 0.5) is 4.39 Å². The summed E-state index contributed by atoms with van der Waals surface area (Å²) in [4.78, 5) is 0. The Bertz CT molecular complexity index is 588. The highest BCUT2D eigenvalue weighted by atomic mass is 79.9. The zero-order valence-electron chi connectivity index (χ0n) is 11.2. The molecule has 0 aromatic heterocycles. The van der Waals surface area contributed by atoms with Gasteiger partial charge < -0.3 is 5.32 Å². The van der Waals surface area contributed by atoms with Gasteiger partial charge in [0.1, 0.15) is 5.82 Å². The van der Waals surface area contributed by atoms with E-state index < -0.39 is 0 Å². The Balaban J connectivity index is 2.29. The molecule has 20 heavy (non-hydrogen) atoms. The monoisotopic (exact) mass is 355 g/mol. The summed E-state index contributed by atoms with van der Waals surface area (Å²) in [6, 6.07) is 12.6. The van der Waals surface area contributed by atoms with Gasteiger partial charge in [-0.3, -0.25) is 0 Å². The molecule has 0 aliphatic heterocycles. The molecule has 106 valence electrons. The van der Waals surface area contributed by atoms with Crippen LogP contribution in [0.3, 0.4) is 0 Å². The maximum absolute atomic E-state index is 13.8. The highest BCUT2D eigenvalue weighted by Gasteiger charge is 2.16. The normalized spacial score (nSPS) is 12.4. The summed E-state index contributed by atoms with van der Waals surface area (Å²) in [6.45, 7) is 2.85. The van der Waals surface area contributed by atoms with Gasteiger partial charge in [-0.15, -0.1) is 0 Å². The molecular formula is C16H16BrClFN. The molecule has 0 heterocycles. The lowest BCUT2D eigenvalue weighted by Gasteiger charge is -2.20. The summed E-state index contributed by atoms with van der Waals surface area (Å²) in [7, 11) is 0. The van der Waals surface area contributed by atoms with Crippen LogP contribution in [0.25, 0.3) is 0 Å². The maximum atomic E-state index is 13.8. The van der Waals surface area contributed by atoms with Crippen LogP contribution in [0.2, 0.25) is 5.02 Å². The van der Waals surface area contributed by atoms with Gasteiger partial charge in [-0.1, -0.05) is 58.7 Å². The van der Waals surface area contributed by atoms with E-state index in [1.54, 1.807) is 6.07 Å². The van der Waals surface area contributed by atoms with Crippen LogP contribution in [-0.4, -0.2) is 6.54 Å². The molecule has 4 heteroatoms. The zero-order valence-corrected chi connectivity index (χ0v) is 13.5. The van der Waals surface area contributed by atoms with Crippen molar-refractivity contribution in [3.8, 4) is 0 Å². The van der Waals surface area contributed by atoms with Crippen molar-refractivity contribution in [1.82, 2.24) is 5.32 Å². The highest BCUT2D eigenvalue weighted by molar-refractivity contribution is 9.10. The van der Waals surface area contributed by atoms with Gasteiger partial charge in [0.25, 0.3) is 0 Å². The second-order valence-corrected chi connectivity index (χ2v) is 5.86. The van der Waals surface area contributed by atoms with E-state index >= 15 is 0 Å². The number of hydrogen-bond donors (Lipinski definition) is 1. The van der Waals surface area contributed by atoms with Gasteiger partial charge in [-0.05, 0) is 42.3 Å². The average Bonchev–Trinajstić information content (AvgIpc) is 2.41. The van der Waals surface area contributed by atoms with Crippen LogP contribution >= 0.6 is 27.5 Å². The molecule has 1 nitrogen and oxygen atoms in total. The standard InChI is InChI=1S/C16H16BrClFN/c1-2-20-16(9-11-5-3-4-6-15(11)19)13-8-7-12(18)10-14(13)17/h3-8,10,16,20H,2,9H2,1H3. The Morgan fingerprint density at radius 3 is 2.65 bits per heavy atom. The van der Waals surface area contributed by atoms with Crippen molar-refractivity contribution < 1.29 is 4.39 Å². The molecular weight excluding hydrogens is 341 g/mol. The quantitative estimate of drug-likeness (QED) is 0.782. The zero-order chi connectivity index (χ0) is 14.5. The Kier molecular flexibility index (Phi) is 5.58. The van der Waals surface area contributed by atoms with Crippen molar-refractivity contribution in [3.05, 3.63) is 68.9 Å². The molecule has 1 atom stereocenters. The lowest BCUT2D eigenvalue weighted by atomic mass is 9.98. The van der Waals surface area contributed by atoms with Crippen molar-refractivity contribution >= 4 is 27.5 Å². The van der Waals surface area contributed by atoms with Gasteiger partial charge in [0, 0.05) is 15.5 Å². The summed E-state index contributed by atoms with van der Waals surface area (Å²) in [5, 5.41) is 4.08. The molecule has 2 aromatic carbocycles. The first-order chi connectivity index (χ1) is 9.61. The molecule has 0 saturated heterocycles. The van der Waals surface area contributed by atoms with Crippen LogP contribution in [0, 0.1) is 5.82 Å². The maximum Gasteiger partial charge on any atom is 0.126 e. The van der Waals surface area contributed by atoms with E-state index in [4.69, 9.17) is 11.6 Å². The minimum absolute atomic E-state index is 0.0449. The number of rotatable bonds is 5. The third-order valence-corrected chi connectivity index (χ3v) is 4.09. The van der Waals surface area contributed by atoms with Crippen LogP contribution in [0.1, 0.15) is 24.1 Å². The van der Waals surface area contributed by atoms with E-state index in [9.17, 15) is 4.39 Å². The second kappa shape index (κ2) is 7.21. The Morgan fingerprint density at radius 1 is 1.25 bits per heavy atom. The van der Waals surface area contributed by atoms with Gasteiger partial charge in [0.05, 0.1) is 0 Å². The lowest BCUT2D eigenvalue weighted by Crippen LogP contribution is -2.23. The molecule has 0 spiro atoms. The van der Waals surface area contributed by atoms with Crippen LogP contribution in [0.15, 0.2) is 46.9 Å². The predicted molar refractivity (Wildman–Crippen MR) is 85.7 cm³/mol. The number of nitrogens with one attached hydrogen (secondary N) is 1. The van der Waals surface area contributed by atoms with E-state index in [2.05, 4.69) is 21.2 Å². The minimum Gasteiger partial charge on any atom is -0.310 e. The number of benzene rings is 2. The first-order valence-electron chi connectivity index (χ1n) is 6.53. The fourth-order valence-electron chi connectivity index (χ4n) is 2.21. The topological polar surface area (TPSA) is 12.0 Å². The third kappa shape index (κ3) is 3.81. The van der Waals surface area contributed by atoms with Crippen LogP contribution < -0.4 is 5.32 Å². The van der Waals surface area contributed by atoms with Crippen molar-refractivity contribution in [2.45, 2.75) is 19.4 Å². The Hall–Kier alpha value is -0.900. The molecule has 0 aliphatic rings. The SMILES string of the molecule is CCNC(Cc1ccccc1F)c1ccc(Cl)cc1Br. The fourth-order valence-corrected chi connectivity index (χ4v) is 3.17. The van der Waals surface area contributed by atoms with Crippen LogP contribution in [-0.2, 0) is 6.42 Å². The van der Waals surface area contributed by atoms with Gasteiger partial charge in [-0.2, -0.15) is 0 Å². The Morgan fingerprint density at radius 2 is 2.00 bits per heavy atom. The van der Waals surface area contributed by atoms with Gasteiger partial charge in [-0.25, -0.2) is 4.39 Å². The van der Waals surface area contributed by atoms with Gasteiger partial charge in [0.2, 0.25) is 0 Å². The summed E-state index contributed by atoms with van der Waals surface area (Å²) >= 11 is 9.51. The largest absolute Gasteiger partial charge is 0.310 e. The smallest absolute Gasteiger partial charge is 0.126 e. The lowest BCUT2D eigenvalue weighted by molar-refractivity contribution is 0.526. The summed E-state index contributed by atoms with van der Waals surface area (Å²) < 4.78 is 14.7. The molecule has 1 N–H and O–H groups in total. The first kappa shape index (κ1) is 15.5. The van der Waals surface area contributed by atoms with E-state index in [-0.39, 0.29) is 11.9 Å². The van der Waals surface area contributed by atoms with E-state index in [0.29, 0.717) is 17.0 Å². The predicted octanol–water partition coefficient (Wildman–Crippen LogP) is 5.13. The number of hydrogen-bond acceptors (Lipinski definition) is 1. The van der Waals surface area contributed by atoms with E-state index in [1.807, 2.05) is 37.3 Å². The molecule has 1 unspecified atom stereocenters. The molecule has 0 amide bonds. The third-order valence-electron chi connectivity index (χ3n) is 3.17. The second-order valence-electron chi connectivity index (χ2n) is 4.57.